The fourth-order valence-corrected chi connectivity index (χ4v) is 2.70. The van der Waals surface area contributed by atoms with Gasteiger partial charge < -0.3 is 9.47 Å². The second-order valence-electron chi connectivity index (χ2n) is 7.24. The third-order valence-electron chi connectivity index (χ3n) is 3.75. The van der Waals surface area contributed by atoms with E-state index >= 15 is 0 Å². The third kappa shape index (κ3) is 5.21. The number of rotatable bonds is 5. The minimum absolute atomic E-state index is 0.0281. The molecule has 1 aromatic carbocycles. The number of anilines is 1. The Morgan fingerprint density at radius 2 is 1.96 bits per heavy atom. The highest BCUT2D eigenvalue weighted by Gasteiger charge is 2.36. The molecule has 0 unspecified atom stereocenters. The molecule has 0 bridgehead atoms. The van der Waals surface area contributed by atoms with Crippen LogP contribution in [0.5, 0.6) is 0 Å². The predicted molar refractivity (Wildman–Crippen MR) is 96.4 cm³/mol. The van der Waals surface area contributed by atoms with Crippen molar-refractivity contribution in [1.29, 1.82) is 0 Å². The molecule has 0 aliphatic carbocycles. The van der Waals surface area contributed by atoms with Gasteiger partial charge in [0.25, 0.3) is 0 Å². The zero-order chi connectivity index (χ0) is 19.3. The summed E-state index contributed by atoms with van der Waals surface area (Å²) in [6.07, 6.45) is 0.386. The van der Waals surface area contributed by atoms with Gasteiger partial charge in [-0.25, -0.2) is 15.2 Å². The van der Waals surface area contributed by atoms with Crippen LogP contribution in [-0.4, -0.2) is 30.2 Å². The number of amides is 2. The number of esters is 1. The van der Waals surface area contributed by atoms with Crippen LogP contribution in [0.4, 0.5) is 10.5 Å². The van der Waals surface area contributed by atoms with E-state index in [-0.39, 0.29) is 12.3 Å². The summed E-state index contributed by atoms with van der Waals surface area (Å²) >= 11 is 0. The maximum Gasteiger partial charge on any atom is 0.427 e. The van der Waals surface area contributed by atoms with Crippen molar-refractivity contribution in [1.82, 2.24) is 5.43 Å². The largest absolute Gasteiger partial charge is 0.466 e. The number of nitrogens with one attached hydrogen (secondary N) is 1. The standard InChI is InChI=1S/C19H26N2O5/c1-5-10-25-16(22)12-14-11-13-8-6-7-9-15(13)21(17(14)23)20-18(24)26-19(2,3)4/h6-9,14H,5,10-12H2,1-4H3,(H,20,24)/t14-/m0/s1. The number of carbonyl (C=O) groups excluding carboxylic acids is 3. The van der Waals surface area contributed by atoms with Crippen LogP contribution in [0.25, 0.3) is 0 Å². The van der Waals surface area contributed by atoms with E-state index in [1.54, 1.807) is 32.9 Å². The monoisotopic (exact) mass is 362 g/mol. The minimum Gasteiger partial charge on any atom is -0.466 e. The smallest absolute Gasteiger partial charge is 0.427 e. The number of nitrogens with zero attached hydrogens (tertiary/aromatic N) is 1. The normalized spacial score (nSPS) is 16.7. The van der Waals surface area contributed by atoms with Gasteiger partial charge in [0.2, 0.25) is 5.91 Å². The van der Waals surface area contributed by atoms with Crippen LogP contribution < -0.4 is 10.4 Å². The molecule has 0 radical (unpaired) electrons. The number of carbonyl (C=O) groups is 3. The Kier molecular flexibility index (Phi) is 6.23. The summed E-state index contributed by atoms with van der Waals surface area (Å²) in [5.41, 5.74) is 3.27. The number of ether oxygens (including phenoxy) is 2. The summed E-state index contributed by atoms with van der Waals surface area (Å²) in [7, 11) is 0. The van der Waals surface area contributed by atoms with Gasteiger partial charge in [-0.15, -0.1) is 0 Å². The topological polar surface area (TPSA) is 84.9 Å². The van der Waals surface area contributed by atoms with E-state index in [4.69, 9.17) is 9.47 Å². The first-order chi connectivity index (χ1) is 12.2. The molecular weight excluding hydrogens is 336 g/mol. The zero-order valence-corrected chi connectivity index (χ0v) is 15.7. The van der Waals surface area contributed by atoms with E-state index in [9.17, 15) is 14.4 Å². The molecule has 7 heteroatoms. The second-order valence-corrected chi connectivity index (χ2v) is 7.24. The Hall–Kier alpha value is -2.57. The summed E-state index contributed by atoms with van der Waals surface area (Å²) in [6, 6.07) is 7.25. The average molecular weight is 362 g/mol. The first-order valence-electron chi connectivity index (χ1n) is 8.78. The van der Waals surface area contributed by atoms with Gasteiger partial charge in [-0.1, -0.05) is 25.1 Å². The molecule has 0 fully saturated rings. The molecule has 0 saturated carbocycles. The average Bonchev–Trinajstić information content (AvgIpc) is 2.55. The van der Waals surface area contributed by atoms with Gasteiger partial charge >= 0.3 is 12.1 Å². The highest BCUT2D eigenvalue weighted by Crippen LogP contribution is 2.31. The van der Waals surface area contributed by atoms with Crippen molar-refractivity contribution in [3.8, 4) is 0 Å². The van der Waals surface area contributed by atoms with Gasteiger partial charge in [0, 0.05) is 0 Å². The maximum atomic E-state index is 12.8. The highest BCUT2D eigenvalue weighted by molar-refractivity contribution is 6.00. The van der Waals surface area contributed by atoms with E-state index in [1.807, 2.05) is 19.1 Å². The van der Waals surface area contributed by atoms with E-state index in [1.165, 1.54) is 5.01 Å². The van der Waals surface area contributed by atoms with Gasteiger partial charge in [-0.05, 0) is 45.2 Å². The van der Waals surface area contributed by atoms with Crippen molar-refractivity contribution in [2.45, 2.75) is 52.6 Å². The minimum atomic E-state index is -0.727. The lowest BCUT2D eigenvalue weighted by Crippen LogP contribution is -2.53. The van der Waals surface area contributed by atoms with E-state index in [0.29, 0.717) is 18.7 Å². The van der Waals surface area contributed by atoms with Crippen LogP contribution in [0, 0.1) is 5.92 Å². The third-order valence-corrected chi connectivity index (χ3v) is 3.75. The van der Waals surface area contributed by atoms with Crippen molar-refractivity contribution in [2.24, 2.45) is 5.92 Å². The van der Waals surface area contributed by atoms with Crippen LogP contribution in [0.3, 0.4) is 0 Å². The van der Waals surface area contributed by atoms with Gasteiger partial charge in [0.15, 0.2) is 0 Å². The quantitative estimate of drug-likeness (QED) is 0.814. The van der Waals surface area contributed by atoms with Crippen LogP contribution in [0.1, 0.15) is 46.1 Å². The molecule has 1 N–H and O–H groups in total. The number of hydrogen-bond acceptors (Lipinski definition) is 5. The first kappa shape index (κ1) is 19.8. The number of hydrazine groups is 1. The van der Waals surface area contributed by atoms with Gasteiger partial charge in [0.1, 0.15) is 5.60 Å². The fourth-order valence-electron chi connectivity index (χ4n) is 2.70. The van der Waals surface area contributed by atoms with Gasteiger partial charge in [-0.3, -0.25) is 9.59 Å². The zero-order valence-electron chi connectivity index (χ0n) is 15.7. The maximum absolute atomic E-state index is 12.8. The summed E-state index contributed by atoms with van der Waals surface area (Å²) in [5.74, 6) is -1.37. The van der Waals surface area contributed by atoms with Gasteiger partial charge in [-0.2, -0.15) is 0 Å². The summed E-state index contributed by atoms with van der Waals surface area (Å²) in [5, 5.41) is 1.17. The molecule has 0 saturated heterocycles. The van der Waals surface area contributed by atoms with E-state index in [0.717, 1.165) is 12.0 Å². The molecule has 1 aromatic rings. The molecule has 0 spiro atoms. The molecule has 1 aliphatic rings. The van der Waals surface area contributed by atoms with Crippen molar-refractivity contribution in [3.63, 3.8) is 0 Å². The molecule has 142 valence electrons. The molecule has 2 amide bonds. The van der Waals surface area contributed by atoms with Gasteiger partial charge in [0.05, 0.1) is 24.6 Å². The molecule has 1 atom stereocenters. The summed E-state index contributed by atoms with van der Waals surface area (Å²) in [6.45, 7) is 7.46. The predicted octanol–water partition coefficient (Wildman–Crippen LogP) is 2.97. The molecule has 26 heavy (non-hydrogen) atoms. The van der Waals surface area contributed by atoms with Crippen molar-refractivity contribution in [3.05, 3.63) is 29.8 Å². The van der Waals surface area contributed by atoms with Crippen molar-refractivity contribution < 1.29 is 23.9 Å². The van der Waals surface area contributed by atoms with Crippen LogP contribution in [-0.2, 0) is 25.5 Å². The Morgan fingerprint density at radius 3 is 2.62 bits per heavy atom. The first-order valence-corrected chi connectivity index (χ1v) is 8.78. The second kappa shape index (κ2) is 8.21. The Morgan fingerprint density at radius 1 is 1.27 bits per heavy atom. The Balaban J connectivity index is 2.18. The SMILES string of the molecule is CCCOC(=O)C[C@@H]1Cc2ccccc2N(NC(=O)OC(C)(C)C)C1=O. The number of para-hydroxylation sites is 1. The lowest BCUT2D eigenvalue weighted by atomic mass is 9.90. The number of benzene rings is 1. The molecule has 7 nitrogen and oxygen atoms in total. The Labute approximate surface area is 153 Å². The molecule has 2 rings (SSSR count). The van der Waals surface area contributed by atoms with Crippen LogP contribution in [0.2, 0.25) is 0 Å². The molecule has 1 heterocycles. The van der Waals surface area contributed by atoms with E-state index in [2.05, 4.69) is 5.43 Å². The number of fused-ring (bicyclic) bond motifs is 1. The Bertz CT molecular complexity index is 681. The highest BCUT2D eigenvalue weighted by atomic mass is 16.6. The van der Waals surface area contributed by atoms with Crippen LogP contribution in [0.15, 0.2) is 24.3 Å². The summed E-state index contributed by atoms with van der Waals surface area (Å²) in [4.78, 5) is 36.9. The summed E-state index contributed by atoms with van der Waals surface area (Å²) < 4.78 is 10.3. The molecular formula is C19H26N2O5. The lowest BCUT2D eigenvalue weighted by molar-refractivity contribution is -0.146. The molecule has 1 aliphatic heterocycles. The fraction of sp³-hybridized carbons (Fsp3) is 0.526. The van der Waals surface area contributed by atoms with Crippen molar-refractivity contribution in [2.75, 3.05) is 11.6 Å². The molecule has 0 aromatic heterocycles. The lowest BCUT2D eigenvalue weighted by Gasteiger charge is -2.34. The number of hydrogen-bond donors (Lipinski definition) is 1. The van der Waals surface area contributed by atoms with Crippen LogP contribution >= 0.6 is 0 Å². The van der Waals surface area contributed by atoms with E-state index < -0.39 is 23.6 Å². The van der Waals surface area contributed by atoms with Crippen molar-refractivity contribution >= 4 is 23.7 Å².